The van der Waals surface area contributed by atoms with Crippen LogP contribution in [0.4, 0.5) is 0 Å². The average molecular weight is 353 g/mol. The fourth-order valence-electron chi connectivity index (χ4n) is 3.18. The summed E-state index contributed by atoms with van der Waals surface area (Å²) in [6.07, 6.45) is 6.23. The van der Waals surface area contributed by atoms with Gasteiger partial charge < -0.3 is 10.6 Å². The number of hydrogen-bond acceptors (Lipinski definition) is 2. The summed E-state index contributed by atoms with van der Waals surface area (Å²) >= 11 is 0. The maximum atomic E-state index is 11.9. The summed E-state index contributed by atoms with van der Waals surface area (Å²) in [5.74, 6) is 1.54. The van der Waals surface area contributed by atoms with Crippen molar-refractivity contribution in [3.8, 4) is 0 Å². The monoisotopic (exact) mass is 352 g/mol. The smallest absolute Gasteiger partial charge is 0.220 e. The molecule has 24 heavy (non-hydrogen) atoms. The first-order valence-corrected chi connectivity index (χ1v) is 9.21. The SMILES string of the molecule is CC(C)c1ccc(CCCNC(=O)CCC2CCNCC2)cc1.Cl. The zero-order valence-electron chi connectivity index (χ0n) is 15.1. The van der Waals surface area contributed by atoms with Gasteiger partial charge in [-0.3, -0.25) is 4.79 Å². The highest BCUT2D eigenvalue weighted by Gasteiger charge is 2.14. The highest BCUT2D eigenvalue weighted by molar-refractivity contribution is 5.85. The van der Waals surface area contributed by atoms with Crippen LogP contribution in [0.5, 0.6) is 0 Å². The first-order valence-electron chi connectivity index (χ1n) is 9.21. The number of aryl methyl sites for hydroxylation is 1. The predicted molar refractivity (Wildman–Crippen MR) is 104 cm³/mol. The van der Waals surface area contributed by atoms with Gasteiger partial charge >= 0.3 is 0 Å². The number of piperidine rings is 1. The zero-order valence-corrected chi connectivity index (χ0v) is 16.0. The van der Waals surface area contributed by atoms with Crippen molar-refractivity contribution in [2.45, 2.75) is 58.3 Å². The molecular formula is C20H33ClN2O. The molecule has 0 aromatic heterocycles. The fraction of sp³-hybridized carbons (Fsp3) is 0.650. The Morgan fingerprint density at radius 3 is 2.50 bits per heavy atom. The van der Waals surface area contributed by atoms with Crippen LogP contribution in [-0.4, -0.2) is 25.5 Å². The highest BCUT2D eigenvalue weighted by Crippen LogP contribution is 2.17. The van der Waals surface area contributed by atoms with Gasteiger partial charge in [0.15, 0.2) is 0 Å². The lowest BCUT2D eigenvalue weighted by molar-refractivity contribution is -0.121. The van der Waals surface area contributed by atoms with Gasteiger partial charge in [0.1, 0.15) is 0 Å². The van der Waals surface area contributed by atoms with E-state index in [2.05, 4.69) is 48.7 Å². The van der Waals surface area contributed by atoms with E-state index in [0.29, 0.717) is 12.3 Å². The van der Waals surface area contributed by atoms with Crippen LogP contribution in [0.1, 0.15) is 63.0 Å². The highest BCUT2D eigenvalue weighted by atomic mass is 35.5. The Bertz CT molecular complexity index is 467. The normalized spacial score (nSPS) is 15.1. The van der Waals surface area contributed by atoms with E-state index < -0.39 is 0 Å². The van der Waals surface area contributed by atoms with Gasteiger partial charge in [-0.1, -0.05) is 38.1 Å². The van der Waals surface area contributed by atoms with Gasteiger partial charge in [-0.25, -0.2) is 0 Å². The van der Waals surface area contributed by atoms with Crippen molar-refractivity contribution in [2.75, 3.05) is 19.6 Å². The molecular weight excluding hydrogens is 320 g/mol. The molecule has 3 nitrogen and oxygen atoms in total. The Morgan fingerprint density at radius 2 is 1.88 bits per heavy atom. The molecule has 4 heteroatoms. The van der Waals surface area contributed by atoms with E-state index in [1.54, 1.807) is 0 Å². The standard InChI is InChI=1S/C20H32N2O.ClH/c1-16(2)19-8-5-17(6-9-19)4-3-13-22-20(23)10-7-18-11-14-21-15-12-18;/h5-6,8-9,16,18,21H,3-4,7,10-15H2,1-2H3,(H,22,23);1H. The molecule has 1 fully saturated rings. The lowest BCUT2D eigenvalue weighted by atomic mass is 9.93. The van der Waals surface area contributed by atoms with Gasteiger partial charge in [-0.2, -0.15) is 0 Å². The molecule has 0 bridgehead atoms. The molecule has 0 spiro atoms. The fourth-order valence-corrected chi connectivity index (χ4v) is 3.18. The maximum Gasteiger partial charge on any atom is 0.220 e. The van der Waals surface area contributed by atoms with Crippen molar-refractivity contribution in [3.63, 3.8) is 0 Å². The van der Waals surface area contributed by atoms with E-state index in [0.717, 1.165) is 44.8 Å². The van der Waals surface area contributed by atoms with Crippen LogP contribution >= 0.6 is 12.4 Å². The van der Waals surface area contributed by atoms with Crippen molar-refractivity contribution < 1.29 is 4.79 Å². The summed E-state index contributed by atoms with van der Waals surface area (Å²) in [6.45, 7) is 7.45. The van der Waals surface area contributed by atoms with Crippen LogP contribution in [0.3, 0.4) is 0 Å². The second-order valence-corrected chi connectivity index (χ2v) is 7.08. The summed E-state index contributed by atoms with van der Waals surface area (Å²) in [6, 6.07) is 8.87. The lowest BCUT2D eigenvalue weighted by Gasteiger charge is -2.22. The summed E-state index contributed by atoms with van der Waals surface area (Å²) in [5, 5.41) is 6.44. The van der Waals surface area contributed by atoms with E-state index in [9.17, 15) is 4.79 Å². The molecule has 1 amide bonds. The van der Waals surface area contributed by atoms with Crippen molar-refractivity contribution in [1.82, 2.24) is 10.6 Å². The van der Waals surface area contributed by atoms with Crippen LogP contribution in [0, 0.1) is 5.92 Å². The molecule has 1 aromatic rings. The van der Waals surface area contributed by atoms with Crippen LogP contribution < -0.4 is 10.6 Å². The number of carbonyl (C=O) groups excluding carboxylic acids is 1. The molecule has 136 valence electrons. The van der Waals surface area contributed by atoms with E-state index in [-0.39, 0.29) is 18.3 Å². The van der Waals surface area contributed by atoms with Gasteiger partial charge in [0.2, 0.25) is 5.91 Å². The summed E-state index contributed by atoms with van der Waals surface area (Å²) in [4.78, 5) is 11.9. The quantitative estimate of drug-likeness (QED) is 0.693. The number of halogens is 1. The van der Waals surface area contributed by atoms with E-state index in [4.69, 9.17) is 0 Å². The minimum absolute atomic E-state index is 0. The van der Waals surface area contributed by atoms with Gasteiger partial charge in [0, 0.05) is 13.0 Å². The molecule has 1 aromatic carbocycles. The first kappa shape index (κ1) is 21.0. The third-order valence-corrected chi connectivity index (χ3v) is 4.85. The Labute approximate surface area is 153 Å². The Balaban J connectivity index is 0.00000288. The molecule has 1 saturated heterocycles. The van der Waals surface area contributed by atoms with Gasteiger partial charge in [0.25, 0.3) is 0 Å². The van der Waals surface area contributed by atoms with Crippen molar-refractivity contribution >= 4 is 18.3 Å². The molecule has 0 saturated carbocycles. The molecule has 0 radical (unpaired) electrons. The second kappa shape index (κ2) is 11.5. The van der Waals surface area contributed by atoms with E-state index in [1.165, 1.54) is 24.0 Å². The Hall–Kier alpha value is -1.06. The zero-order chi connectivity index (χ0) is 16.5. The number of amides is 1. The molecule has 1 aliphatic rings. The number of rotatable bonds is 8. The number of benzene rings is 1. The van der Waals surface area contributed by atoms with Gasteiger partial charge in [0.05, 0.1) is 0 Å². The second-order valence-electron chi connectivity index (χ2n) is 7.08. The van der Waals surface area contributed by atoms with Crippen LogP contribution in [0.2, 0.25) is 0 Å². The molecule has 0 unspecified atom stereocenters. The van der Waals surface area contributed by atoms with Crippen molar-refractivity contribution in [2.24, 2.45) is 5.92 Å². The van der Waals surface area contributed by atoms with Crippen LogP contribution in [0.25, 0.3) is 0 Å². The Morgan fingerprint density at radius 1 is 1.21 bits per heavy atom. The minimum atomic E-state index is 0. The van der Waals surface area contributed by atoms with Gasteiger partial charge in [-0.15, -0.1) is 12.4 Å². The maximum absolute atomic E-state index is 11.9. The van der Waals surface area contributed by atoms with Crippen molar-refractivity contribution in [1.29, 1.82) is 0 Å². The first-order chi connectivity index (χ1) is 11.1. The van der Waals surface area contributed by atoms with Crippen LogP contribution in [0.15, 0.2) is 24.3 Å². The summed E-state index contributed by atoms with van der Waals surface area (Å²) in [7, 11) is 0. The largest absolute Gasteiger partial charge is 0.356 e. The average Bonchev–Trinajstić information content (AvgIpc) is 2.58. The lowest BCUT2D eigenvalue weighted by Crippen LogP contribution is -2.29. The third-order valence-electron chi connectivity index (χ3n) is 4.85. The molecule has 0 aliphatic carbocycles. The minimum Gasteiger partial charge on any atom is -0.356 e. The van der Waals surface area contributed by atoms with E-state index in [1.807, 2.05) is 0 Å². The summed E-state index contributed by atoms with van der Waals surface area (Å²) in [5.41, 5.74) is 2.75. The molecule has 1 heterocycles. The topological polar surface area (TPSA) is 41.1 Å². The van der Waals surface area contributed by atoms with Crippen LogP contribution in [-0.2, 0) is 11.2 Å². The van der Waals surface area contributed by atoms with Gasteiger partial charge in [-0.05, 0) is 68.2 Å². The molecule has 2 rings (SSSR count). The number of nitrogens with one attached hydrogen (secondary N) is 2. The third kappa shape index (κ3) is 7.67. The number of hydrogen-bond donors (Lipinski definition) is 2. The Kier molecular flexibility index (Phi) is 10.0. The molecule has 0 atom stereocenters. The number of carbonyl (C=O) groups is 1. The summed E-state index contributed by atoms with van der Waals surface area (Å²) < 4.78 is 0. The van der Waals surface area contributed by atoms with E-state index >= 15 is 0 Å². The molecule has 1 aliphatic heterocycles. The molecule has 2 N–H and O–H groups in total. The van der Waals surface area contributed by atoms with Crippen molar-refractivity contribution in [3.05, 3.63) is 35.4 Å². The predicted octanol–water partition coefficient (Wildman–Crippen LogP) is 4.06.